The minimum absolute atomic E-state index is 0.0913. The Kier molecular flexibility index (Phi) is 5.07. The van der Waals surface area contributed by atoms with E-state index in [1.165, 1.54) is 0 Å². The molecule has 0 saturated heterocycles. The number of sulfonamides is 1. The summed E-state index contributed by atoms with van der Waals surface area (Å²) in [4.78, 5) is 7.64. The molecule has 2 aliphatic carbocycles. The molecule has 12 heteroatoms. The number of benzene rings is 1. The molecule has 184 valence electrons. The Morgan fingerprint density at radius 2 is 1.83 bits per heavy atom. The van der Waals surface area contributed by atoms with Gasteiger partial charge in [0.05, 0.1) is 15.7 Å². The van der Waals surface area contributed by atoms with Gasteiger partial charge in [0.15, 0.2) is 11.3 Å². The molecule has 2 fully saturated rings. The van der Waals surface area contributed by atoms with E-state index in [1.54, 1.807) is 41.8 Å². The number of rotatable bonds is 6. The first-order valence-electron chi connectivity index (χ1n) is 11.7. The molecule has 0 amide bonds. The van der Waals surface area contributed by atoms with Gasteiger partial charge in [0.25, 0.3) is 0 Å². The molecule has 0 bridgehead atoms. The van der Waals surface area contributed by atoms with E-state index in [-0.39, 0.29) is 38.7 Å². The van der Waals surface area contributed by atoms with Crippen LogP contribution in [0.5, 0.6) is 0 Å². The first kappa shape index (κ1) is 22.6. The highest BCUT2D eigenvalue weighted by molar-refractivity contribution is 7.91. The molecule has 4 aromatic rings. The van der Waals surface area contributed by atoms with Gasteiger partial charge < -0.3 is 4.98 Å². The van der Waals surface area contributed by atoms with E-state index in [1.807, 2.05) is 6.07 Å². The van der Waals surface area contributed by atoms with Crippen LogP contribution in [0.1, 0.15) is 49.9 Å². The van der Waals surface area contributed by atoms with Crippen LogP contribution in [-0.2, 0) is 19.9 Å². The summed E-state index contributed by atoms with van der Waals surface area (Å²) in [7, 11) is -7.28. The lowest BCUT2D eigenvalue weighted by atomic mass is 9.97. The number of nitrogens with one attached hydrogen (secondary N) is 2. The number of aromatic nitrogens is 5. The monoisotopic (exact) mass is 514 g/mol. The Morgan fingerprint density at radius 1 is 1.06 bits per heavy atom. The molecule has 6 rings (SSSR count). The van der Waals surface area contributed by atoms with Crippen molar-refractivity contribution in [2.45, 2.75) is 66.7 Å². The Balaban J connectivity index is 1.46. The number of nitrogens with zero attached hydrogens (tertiary/aromatic N) is 4. The van der Waals surface area contributed by atoms with Crippen molar-refractivity contribution in [2.75, 3.05) is 0 Å². The van der Waals surface area contributed by atoms with Gasteiger partial charge in [0.1, 0.15) is 5.82 Å². The summed E-state index contributed by atoms with van der Waals surface area (Å²) in [5.74, 6) is 0.660. The van der Waals surface area contributed by atoms with Gasteiger partial charge in [-0.1, -0.05) is 25.1 Å². The Hall–Kier alpha value is -2.83. The number of sulfone groups is 1. The van der Waals surface area contributed by atoms with Crippen molar-refractivity contribution in [2.24, 2.45) is 5.92 Å². The summed E-state index contributed by atoms with van der Waals surface area (Å²) in [5, 5.41) is 8.32. The van der Waals surface area contributed by atoms with E-state index in [4.69, 9.17) is 0 Å². The van der Waals surface area contributed by atoms with E-state index < -0.39 is 19.9 Å². The fourth-order valence-electron chi connectivity index (χ4n) is 5.24. The van der Waals surface area contributed by atoms with Gasteiger partial charge in [-0.15, -0.1) is 10.2 Å². The lowest BCUT2D eigenvalue weighted by molar-refractivity contribution is 0.505. The van der Waals surface area contributed by atoms with Crippen LogP contribution >= 0.6 is 0 Å². The molecule has 3 heterocycles. The summed E-state index contributed by atoms with van der Waals surface area (Å²) in [6, 6.07) is 8.41. The molecule has 2 aliphatic rings. The van der Waals surface area contributed by atoms with Crippen LogP contribution in [0.3, 0.4) is 0 Å². The largest absolute Gasteiger partial charge is 0.345 e. The zero-order valence-electron chi connectivity index (χ0n) is 19.3. The molecule has 1 aromatic carbocycles. The fraction of sp³-hybridized carbons (Fsp3) is 0.435. The topological polar surface area (TPSA) is 139 Å². The summed E-state index contributed by atoms with van der Waals surface area (Å²) < 4.78 is 57.0. The number of hydrogen-bond acceptors (Lipinski definition) is 7. The molecule has 10 nitrogen and oxygen atoms in total. The maximum Gasteiger partial charge on any atom is 0.228 e. The van der Waals surface area contributed by atoms with E-state index in [0.29, 0.717) is 48.2 Å². The highest BCUT2D eigenvalue weighted by Gasteiger charge is 2.42. The van der Waals surface area contributed by atoms with Crippen molar-refractivity contribution < 1.29 is 16.8 Å². The molecular weight excluding hydrogens is 488 g/mol. The Morgan fingerprint density at radius 3 is 2.57 bits per heavy atom. The summed E-state index contributed by atoms with van der Waals surface area (Å²) in [6.07, 6.45) is 4.39. The van der Waals surface area contributed by atoms with Crippen molar-refractivity contribution in [3.05, 3.63) is 47.9 Å². The van der Waals surface area contributed by atoms with Gasteiger partial charge in [-0.3, -0.25) is 4.40 Å². The summed E-state index contributed by atoms with van der Waals surface area (Å²) in [5.41, 5.74) is 1.89. The quantitative estimate of drug-likeness (QED) is 0.403. The number of fused-ring (bicyclic) bond motifs is 3. The number of H-pyrrole nitrogens is 1. The van der Waals surface area contributed by atoms with Gasteiger partial charge in [-0.05, 0) is 56.2 Å². The third-order valence-electron chi connectivity index (χ3n) is 7.18. The SMILES string of the molecule is Cc1ccccc1S(=O)(=O)c1nc2[nH]ccc2n2c(C3CC(NS(=O)(=O)C4CC4)CC3C)nnc12. The zero-order valence-corrected chi connectivity index (χ0v) is 21.0. The second-order valence-electron chi connectivity index (χ2n) is 9.73. The Labute approximate surface area is 203 Å². The minimum Gasteiger partial charge on any atom is -0.345 e. The van der Waals surface area contributed by atoms with Crippen LogP contribution in [0.15, 0.2) is 46.5 Å². The smallest absolute Gasteiger partial charge is 0.228 e. The fourth-order valence-corrected chi connectivity index (χ4v) is 8.39. The third kappa shape index (κ3) is 3.66. The summed E-state index contributed by atoms with van der Waals surface area (Å²) in [6.45, 7) is 3.81. The van der Waals surface area contributed by atoms with Crippen LogP contribution in [0.2, 0.25) is 0 Å². The molecule has 2 N–H and O–H groups in total. The molecule has 0 aliphatic heterocycles. The Bertz CT molecular complexity index is 1670. The molecule has 0 spiro atoms. The number of aromatic amines is 1. The van der Waals surface area contributed by atoms with Crippen LogP contribution in [0.25, 0.3) is 16.8 Å². The van der Waals surface area contributed by atoms with E-state index in [9.17, 15) is 16.8 Å². The molecule has 0 radical (unpaired) electrons. The van der Waals surface area contributed by atoms with Crippen molar-refractivity contribution in [3.63, 3.8) is 0 Å². The number of aryl methyl sites for hydroxylation is 1. The second-order valence-corrected chi connectivity index (χ2v) is 13.6. The molecule has 3 atom stereocenters. The van der Waals surface area contributed by atoms with E-state index >= 15 is 0 Å². The lowest BCUT2D eigenvalue weighted by Crippen LogP contribution is -2.35. The van der Waals surface area contributed by atoms with Crippen LogP contribution in [0, 0.1) is 12.8 Å². The average molecular weight is 515 g/mol. The first-order chi connectivity index (χ1) is 16.7. The van der Waals surface area contributed by atoms with E-state index in [2.05, 4.69) is 31.8 Å². The van der Waals surface area contributed by atoms with Crippen molar-refractivity contribution in [1.82, 2.24) is 29.3 Å². The third-order valence-corrected chi connectivity index (χ3v) is 11.0. The average Bonchev–Trinajstić information content (AvgIpc) is 3.27. The van der Waals surface area contributed by atoms with Crippen LogP contribution < -0.4 is 4.72 Å². The van der Waals surface area contributed by atoms with E-state index in [0.717, 1.165) is 0 Å². The van der Waals surface area contributed by atoms with Gasteiger partial charge in [-0.2, -0.15) is 0 Å². The van der Waals surface area contributed by atoms with Gasteiger partial charge in [0.2, 0.25) is 24.9 Å². The highest BCUT2D eigenvalue weighted by atomic mass is 32.2. The van der Waals surface area contributed by atoms with Crippen molar-refractivity contribution in [3.8, 4) is 0 Å². The van der Waals surface area contributed by atoms with Crippen molar-refractivity contribution >= 4 is 36.7 Å². The maximum atomic E-state index is 13.7. The molecule has 3 unspecified atom stereocenters. The highest BCUT2D eigenvalue weighted by Crippen LogP contribution is 2.41. The second kappa shape index (κ2) is 7.84. The van der Waals surface area contributed by atoms with Gasteiger partial charge >= 0.3 is 0 Å². The normalized spacial score (nSPS) is 23.4. The predicted octanol–water partition coefficient (Wildman–Crippen LogP) is 2.71. The molecule has 35 heavy (non-hydrogen) atoms. The van der Waals surface area contributed by atoms with Gasteiger partial charge in [-0.25, -0.2) is 26.5 Å². The van der Waals surface area contributed by atoms with Gasteiger partial charge in [0, 0.05) is 18.2 Å². The number of hydrogen-bond donors (Lipinski definition) is 2. The lowest BCUT2D eigenvalue weighted by Gasteiger charge is -2.15. The first-order valence-corrected chi connectivity index (χ1v) is 14.7. The molecule has 3 aromatic heterocycles. The zero-order chi connectivity index (χ0) is 24.5. The van der Waals surface area contributed by atoms with Crippen LogP contribution in [0.4, 0.5) is 0 Å². The summed E-state index contributed by atoms with van der Waals surface area (Å²) >= 11 is 0. The minimum atomic E-state index is -3.97. The standard InChI is InChI=1S/C23H26N6O4S2/c1-13-5-3-4-6-19(13)34(30,31)23-22-27-26-21(29(22)18-9-10-24-20(18)25-23)17-12-15(11-14(17)2)28-35(32,33)16-7-8-16/h3-6,9-10,14-17,24,28H,7-8,11-12H2,1-2H3. The maximum absolute atomic E-state index is 13.7. The van der Waals surface area contributed by atoms with Crippen molar-refractivity contribution in [1.29, 1.82) is 0 Å². The molecule has 2 saturated carbocycles. The van der Waals surface area contributed by atoms with Crippen LogP contribution in [-0.4, -0.2) is 52.7 Å². The molecular formula is C23H26N6O4S2. The predicted molar refractivity (Wildman–Crippen MR) is 129 cm³/mol.